The highest BCUT2D eigenvalue weighted by atomic mass is 19.1. The van der Waals surface area contributed by atoms with Crippen LogP contribution in [0.4, 0.5) is 20.4 Å². The molecule has 0 unspecified atom stereocenters. The molecule has 0 spiro atoms. The summed E-state index contributed by atoms with van der Waals surface area (Å²) >= 11 is 0. The zero-order valence-corrected chi connectivity index (χ0v) is 12.1. The highest BCUT2D eigenvalue weighted by molar-refractivity contribution is 5.48. The van der Waals surface area contributed by atoms with E-state index in [2.05, 4.69) is 15.6 Å². The standard InChI is InChI=1S/C14H23F2N3/c1-5-8-17-12-10(15)9-11(16)13(18-12)19-14(4,6-2)7-3/h9H,5-8H2,1-4H3,(H2,17,18,19). The Morgan fingerprint density at radius 1 is 1.11 bits per heavy atom. The maximum Gasteiger partial charge on any atom is 0.168 e. The fraction of sp³-hybridized carbons (Fsp3) is 0.643. The van der Waals surface area contributed by atoms with Crippen molar-refractivity contribution in [2.24, 2.45) is 0 Å². The first-order valence-electron chi connectivity index (χ1n) is 6.83. The molecule has 0 amide bonds. The number of hydrogen-bond acceptors (Lipinski definition) is 3. The fourth-order valence-corrected chi connectivity index (χ4v) is 1.63. The van der Waals surface area contributed by atoms with Gasteiger partial charge in [-0.1, -0.05) is 20.8 Å². The molecule has 3 nitrogen and oxygen atoms in total. The van der Waals surface area contributed by atoms with Gasteiger partial charge in [0.25, 0.3) is 0 Å². The molecule has 108 valence electrons. The molecule has 1 rings (SSSR count). The molecule has 0 aliphatic heterocycles. The summed E-state index contributed by atoms with van der Waals surface area (Å²) in [6.45, 7) is 8.62. The van der Waals surface area contributed by atoms with Gasteiger partial charge in [-0.25, -0.2) is 13.8 Å². The van der Waals surface area contributed by atoms with Crippen LogP contribution in [0.25, 0.3) is 0 Å². The molecule has 0 saturated heterocycles. The minimum absolute atomic E-state index is 0.0975. The van der Waals surface area contributed by atoms with Gasteiger partial charge in [-0.3, -0.25) is 0 Å². The zero-order valence-electron chi connectivity index (χ0n) is 12.1. The molecule has 19 heavy (non-hydrogen) atoms. The molecule has 1 heterocycles. The normalized spacial score (nSPS) is 11.5. The van der Waals surface area contributed by atoms with E-state index in [-0.39, 0.29) is 17.2 Å². The first kappa shape index (κ1) is 15.7. The van der Waals surface area contributed by atoms with E-state index in [1.807, 2.05) is 27.7 Å². The Bertz CT molecular complexity index is 417. The molecule has 0 aromatic carbocycles. The second-order valence-electron chi connectivity index (χ2n) is 4.97. The quantitative estimate of drug-likeness (QED) is 0.781. The minimum atomic E-state index is -0.661. The summed E-state index contributed by atoms with van der Waals surface area (Å²) in [5, 5.41) is 5.93. The Morgan fingerprint density at radius 3 is 2.21 bits per heavy atom. The van der Waals surface area contributed by atoms with Gasteiger partial charge in [0.1, 0.15) is 0 Å². The number of nitrogens with zero attached hydrogens (tertiary/aromatic N) is 1. The van der Waals surface area contributed by atoms with Crippen molar-refractivity contribution in [1.82, 2.24) is 4.98 Å². The van der Waals surface area contributed by atoms with Crippen molar-refractivity contribution >= 4 is 11.6 Å². The average molecular weight is 271 g/mol. The van der Waals surface area contributed by atoms with Crippen LogP contribution in [-0.2, 0) is 0 Å². The van der Waals surface area contributed by atoms with Gasteiger partial charge in [0.2, 0.25) is 0 Å². The predicted octanol–water partition coefficient (Wildman–Crippen LogP) is 4.17. The summed E-state index contributed by atoms with van der Waals surface area (Å²) in [5.41, 5.74) is -0.242. The molecule has 5 heteroatoms. The number of rotatable bonds is 7. The van der Waals surface area contributed by atoms with Crippen LogP contribution in [0, 0.1) is 11.6 Å². The van der Waals surface area contributed by atoms with Crippen LogP contribution in [0.5, 0.6) is 0 Å². The van der Waals surface area contributed by atoms with Gasteiger partial charge in [0.05, 0.1) is 0 Å². The predicted molar refractivity (Wildman–Crippen MR) is 75.5 cm³/mol. The second-order valence-corrected chi connectivity index (χ2v) is 4.97. The topological polar surface area (TPSA) is 37.0 Å². The molecule has 0 saturated carbocycles. The van der Waals surface area contributed by atoms with Crippen LogP contribution in [0.15, 0.2) is 6.07 Å². The maximum absolute atomic E-state index is 13.8. The first-order chi connectivity index (χ1) is 8.95. The minimum Gasteiger partial charge on any atom is -0.368 e. The molecule has 1 aromatic heterocycles. The Balaban J connectivity index is 3.00. The Hall–Kier alpha value is -1.39. The summed E-state index contributed by atoms with van der Waals surface area (Å²) in [5.74, 6) is -1.12. The molecule has 0 aliphatic carbocycles. The zero-order chi connectivity index (χ0) is 14.5. The van der Waals surface area contributed by atoms with Gasteiger partial charge >= 0.3 is 0 Å². The molecule has 0 radical (unpaired) electrons. The molecular weight excluding hydrogens is 248 g/mol. The van der Waals surface area contributed by atoms with Gasteiger partial charge in [-0.05, 0) is 26.2 Å². The van der Waals surface area contributed by atoms with Crippen LogP contribution >= 0.6 is 0 Å². The fourth-order valence-electron chi connectivity index (χ4n) is 1.63. The lowest BCUT2D eigenvalue weighted by Crippen LogP contribution is -2.34. The van der Waals surface area contributed by atoms with E-state index in [0.717, 1.165) is 25.3 Å². The van der Waals surface area contributed by atoms with Crippen LogP contribution in [0.1, 0.15) is 47.0 Å². The molecular formula is C14H23F2N3. The van der Waals surface area contributed by atoms with E-state index in [0.29, 0.717) is 6.54 Å². The maximum atomic E-state index is 13.8. The van der Waals surface area contributed by atoms with E-state index >= 15 is 0 Å². The van der Waals surface area contributed by atoms with E-state index in [1.54, 1.807) is 0 Å². The molecule has 0 aliphatic rings. The average Bonchev–Trinajstić information content (AvgIpc) is 2.40. The summed E-state index contributed by atoms with van der Waals surface area (Å²) in [6.07, 6.45) is 2.52. The van der Waals surface area contributed by atoms with Crippen LogP contribution in [0.2, 0.25) is 0 Å². The third-order valence-corrected chi connectivity index (χ3v) is 3.45. The molecule has 0 atom stereocenters. The van der Waals surface area contributed by atoms with Crippen LogP contribution in [-0.4, -0.2) is 17.1 Å². The Kier molecular flexibility index (Phi) is 5.51. The van der Waals surface area contributed by atoms with Gasteiger partial charge in [-0.2, -0.15) is 0 Å². The van der Waals surface area contributed by atoms with E-state index in [9.17, 15) is 8.78 Å². The lowest BCUT2D eigenvalue weighted by molar-refractivity contribution is 0.470. The Morgan fingerprint density at radius 2 is 1.68 bits per heavy atom. The van der Waals surface area contributed by atoms with Crippen LogP contribution in [0.3, 0.4) is 0 Å². The molecule has 0 fully saturated rings. The largest absolute Gasteiger partial charge is 0.368 e. The van der Waals surface area contributed by atoms with Crippen molar-refractivity contribution < 1.29 is 8.78 Å². The molecule has 2 N–H and O–H groups in total. The van der Waals surface area contributed by atoms with Crippen molar-refractivity contribution in [1.29, 1.82) is 0 Å². The number of aromatic nitrogens is 1. The highest BCUT2D eigenvalue weighted by Gasteiger charge is 2.22. The third kappa shape index (κ3) is 4.04. The SMILES string of the molecule is CCCNc1nc(NC(C)(CC)CC)c(F)cc1F. The number of nitrogens with one attached hydrogen (secondary N) is 2. The van der Waals surface area contributed by atoms with Gasteiger partial charge in [0, 0.05) is 18.2 Å². The van der Waals surface area contributed by atoms with Crippen molar-refractivity contribution in [3.8, 4) is 0 Å². The molecule has 0 bridgehead atoms. The lowest BCUT2D eigenvalue weighted by atomic mass is 9.95. The van der Waals surface area contributed by atoms with Gasteiger partial charge < -0.3 is 10.6 Å². The van der Waals surface area contributed by atoms with Gasteiger partial charge in [0.15, 0.2) is 23.3 Å². The third-order valence-electron chi connectivity index (χ3n) is 3.45. The summed E-state index contributed by atoms with van der Waals surface area (Å²) < 4.78 is 27.3. The lowest BCUT2D eigenvalue weighted by Gasteiger charge is -2.29. The highest BCUT2D eigenvalue weighted by Crippen LogP contribution is 2.25. The van der Waals surface area contributed by atoms with Crippen molar-refractivity contribution in [2.45, 2.75) is 52.5 Å². The van der Waals surface area contributed by atoms with E-state index in [4.69, 9.17) is 0 Å². The molecule has 1 aromatic rings. The smallest absolute Gasteiger partial charge is 0.168 e. The monoisotopic (exact) mass is 271 g/mol. The van der Waals surface area contributed by atoms with Crippen molar-refractivity contribution in [2.75, 3.05) is 17.2 Å². The first-order valence-corrected chi connectivity index (χ1v) is 6.83. The van der Waals surface area contributed by atoms with E-state index < -0.39 is 11.6 Å². The summed E-state index contributed by atoms with van der Waals surface area (Å²) in [7, 11) is 0. The van der Waals surface area contributed by atoms with Crippen molar-refractivity contribution in [3.05, 3.63) is 17.7 Å². The van der Waals surface area contributed by atoms with E-state index in [1.165, 1.54) is 0 Å². The summed E-state index contributed by atoms with van der Waals surface area (Å²) in [4.78, 5) is 4.02. The van der Waals surface area contributed by atoms with Gasteiger partial charge in [-0.15, -0.1) is 0 Å². The number of halogens is 2. The Labute approximate surface area is 113 Å². The number of anilines is 2. The second kappa shape index (κ2) is 6.68. The van der Waals surface area contributed by atoms with Crippen molar-refractivity contribution in [3.63, 3.8) is 0 Å². The van der Waals surface area contributed by atoms with Crippen LogP contribution < -0.4 is 10.6 Å². The number of pyridine rings is 1. The summed E-state index contributed by atoms with van der Waals surface area (Å²) in [6, 6.07) is 0.874. The number of hydrogen-bond donors (Lipinski definition) is 2.